The molecule has 0 saturated heterocycles. The maximum atomic E-state index is 12.5. The molecule has 0 aromatic heterocycles. The summed E-state index contributed by atoms with van der Waals surface area (Å²) in [5.41, 5.74) is 0.830. The first-order chi connectivity index (χ1) is 9.27. The van der Waals surface area contributed by atoms with Crippen molar-refractivity contribution in [3.63, 3.8) is 0 Å². The molecule has 114 valence electrons. The summed E-state index contributed by atoms with van der Waals surface area (Å²) in [6, 6.07) is 5.05. The zero-order valence-corrected chi connectivity index (χ0v) is 14.2. The maximum Gasteiger partial charge on any atom is 0.458 e. The minimum absolute atomic E-state index is 0.0316. The van der Waals surface area contributed by atoms with Gasteiger partial charge in [0, 0.05) is 17.2 Å². The molecule has 5 nitrogen and oxygen atoms in total. The van der Waals surface area contributed by atoms with Crippen molar-refractivity contribution in [3.05, 3.63) is 23.8 Å². The molecule has 0 aliphatic carbocycles. The van der Waals surface area contributed by atoms with Crippen LogP contribution >= 0.6 is 7.75 Å². The number of hydrogen-bond acceptors (Lipinski definition) is 4. The van der Waals surface area contributed by atoms with E-state index in [0.29, 0.717) is 5.75 Å². The topological polar surface area (TPSA) is 64.6 Å². The molecule has 0 aliphatic rings. The van der Waals surface area contributed by atoms with Crippen molar-refractivity contribution in [2.45, 2.75) is 38.6 Å². The van der Waals surface area contributed by atoms with Gasteiger partial charge in [-0.25, -0.2) is 9.65 Å². The number of rotatable bonds is 7. The normalized spacial score (nSPS) is 15.9. The molecule has 1 rings (SSSR count). The van der Waals surface area contributed by atoms with Crippen LogP contribution in [0.1, 0.15) is 26.3 Å². The van der Waals surface area contributed by atoms with Crippen molar-refractivity contribution < 1.29 is 17.8 Å². The lowest BCUT2D eigenvalue weighted by Gasteiger charge is -2.21. The molecule has 1 aromatic rings. The van der Waals surface area contributed by atoms with Crippen molar-refractivity contribution in [3.8, 4) is 5.75 Å². The highest BCUT2D eigenvalue weighted by atomic mass is 32.2. The second-order valence-electron chi connectivity index (χ2n) is 4.67. The van der Waals surface area contributed by atoms with Gasteiger partial charge in [0.25, 0.3) is 0 Å². The highest BCUT2D eigenvalue weighted by Gasteiger charge is 2.27. The Bertz CT molecular complexity index is 533. The van der Waals surface area contributed by atoms with E-state index in [1.165, 1.54) is 0 Å². The number of aryl methyl sites for hydroxylation is 1. The van der Waals surface area contributed by atoms with E-state index >= 15 is 0 Å². The van der Waals surface area contributed by atoms with Gasteiger partial charge in [0.05, 0.1) is 17.4 Å². The molecule has 0 fully saturated rings. The number of hydrogen-bond donors (Lipinski definition) is 1. The van der Waals surface area contributed by atoms with Crippen LogP contribution in [-0.2, 0) is 19.9 Å². The number of benzene rings is 1. The van der Waals surface area contributed by atoms with E-state index in [1.807, 2.05) is 20.8 Å². The van der Waals surface area contributed by atoms with E-state index in [1.54, 1.807) is 31.4 Å². The Morgan fingerprint density at radius 3 is 2.50 bits per heavy atom. The Labute approximate surface area is 123 Å². The van der Waals surface area contributed by atoms with Crippen LogP contribution < -0.4 is 9.61 Å². The molecule has 0 aliphatic heterocycles. The Kier molecular flexibility index (Phi) is 6.40. The molecular weight excluding hydrogens is 297 g/mol. The molecule has 0 bridgehead atoms. The lowest BCUT2D eigenvalue weighted by atomic mass is 10.2. The van der Waals surface area contributed by atoms with Crippen LogP contribution in [-0.4, -0.2) is 23.1 Å². The van der Waals surface area contributed by atoms with E-state index in [2.05, 4.69) is 5.09 Å². The van der Waals surface area contributed by atoms with E-state index in [0.717, 1.165) is 10.5 Å². The molecule has 0 radical (unpaired) electrons. The Morgan fingerprint density at radius 1 is 1.40 bits per heavy atom. The van der Waals surface area contributed by atoms with Gasteiger partial charge in [-0.1, -0.05) is 0 Å². The summed E-state index contributed by atoms with van der Waals surface area (Å²) < 4.78 is 34.7. The minimum Gasteiger partial charge on any atom is -0.413 e. The third-order valence-corrected chi connectivity index (χ3v) is 5.36. The third kappa shape index (κ3) is 5.02. The van der Waals surface area contributed by atoms with Gasteiger partial charge in [-0.15, -0.1) is 0 Å². The summed E-state index contributed by atoms with van der Waals surface area (Å²) in [7, 11) is -4.44. The Morgan fingerprint density at radius 2 is 2.05 bits per heavy atom. The summed E-state index contributed by atoms with van der Waals surface area (Å²) in [4.78, 5) is 0.736. The predicted octanol–water partition coefficient (Wildman–Crippen LogP) is 3.25. The zero-order valence-electron chi connectivity index (χ0n) is 12.5. The summed E-state index contributed by atoms with van der Waals surface area (Å²) in [5, 5.41) is 2.81. The van der Waals surface area contributed by atoms with Gasteiger partial charge in [0.15, 0.2) is 0 Å². The van der Waals surface area contributed by atoms with Crippen molar-refractivity contribution in [2.75, 3.05) is 12.9 Å². The standard InChI is InChI=1S/C13H22NO4PS/c1-6-17-19(15,14-10(2)3)18-12-7-8-13(20(5)16)11(4)9-12/h7-10H,6H2,1-5H3,(H,14,15)/t19-,20+/m1/s1. The molecule has 1 aromatic carbocycles. The summed E-state index contributed by atoms with van der Waals surface area (Å²) >= 11 is 0. The lowest BCUT2D eigenvalue weighted by Crippen LogP contribution is -2.23. The highest BCUT2D eigenvalue weighted by Crippen LogP contribution is 2.44. The molecule has 1 N–H and O–H groups in total. The van der Waals surface area contributed by atoms with Gasteiger partial charge in [0.1, 0.15) is 5.75 Å². The van der Waals surface area contributed by atoms with E-state index < -0.39 is 18.5 Å². The second kappa shape index (κ2) is 7.36. The van der Waals surface area contributed by atoms with Gasteiger partial charge in [0.2, 0.25) is 0 Å². The van der Waals surface area contributed by atoms with Gasteiger partial charge in [-0.2, -0.15) is 0 Å². The molecule has 7 heteroatoms. The molecule has 0 heterocycles. The molecule has 20 heavy (non-hydrogen) atoms. The fourth-order valence-electron chi connectivity index (χ4n) is 1.72. The van der Waals surface area contributed by atoms with E-state index in [9.17, 15) is 8.77 Å². The SMILES string of the molecule is CCO[P@](=O)(NC(C)C)Oc1ccc([S@](C)=O)c(C)c1. The van der Waals surface area contributed by atoms with Crippen LogP contribution in [0.15, 0.2) is 23.1 Å². The quantitative estimate of drug-likeness (QED) is 0.782. The smallest absolute Gasteiger partial charge is 0.413 e. The highest BCUT2D eigenvalue weighted by molar-refractivity contribution is 7.84. The fraction of sp³-hybridized carbons (Fsp3) is 0.538. The van der Waals surface area contributed by atoms with Crippen LogP contribution in [0.5, 0.6) is 5.75 Å². The second-order valence-corrected chi connectivity index (χ2v) is 7.71. The molecule has 0 saturated carbocycles. The average molecular weight is 319 g/mol. The van der Waals surface area contributed by atoms with Crippen molar-refractivity contribution in [1.82, 2.24) is 5.09 Å². The van der Waals surface area contributed by atoms with E-state index in [4.69, 9.17) is 9.05 Å². The molecule has 2 atom stereocenters. The van der Waals surface area contributed by atoms with Crippen molar-refractivity contribution in [2.24, 2.45) is 0 Å². The first kappa shape index (κ1) is 17.4. The van der Waals surface area contributed by atoms with Crippen LogP contribution in [0.2, 0.25) is 0 Å². The largest absolute Gasteiger partial charge is 0.458 e. The predicted molar refractivity (Wildman–Crippen MR) is 81.6 cm³/mol. The lowest BCUT2D eigenvalue weighted by molar-refractivity contribution is 0.265. The van der Waals surface area contributed by atoms with Crippen LogP contribution in [0.3, 0.4) is 0 Å². The summed E-state index contributed by atoms with van der Waals surface area (Å²) in [6.07, 6.45) is 1.62. The Hall–Kier alpha value is -0.680. The molecule has 0 unspecified atom stereocenters. The van der Waals surface area contributed by atoms with Crippen molar-refractivity contribution >= 4 is 18.5 Å². The van der Waals surface area contributed by atoms with Crippen molar-refractivity contribution in [1.29, 1.82) is 0 Å². The van der Waals surface area contributed by atoms with Crippen LogP contribution in [0.25, 0.3) is 0 Å². The maximum absolute atomic E-state index is 12.5. The summed E-state index contributed by atoms with van der Waals surface area (Å²) in [5.74, 6) is 0.432. The molecular formula is C13H22NO4PS. The van der Waals surface area contributed by atoms with Gasteiger partial charge >= 0.3 is 7.75 Å². The van der Waals surface area contributed by atoms with Gasteiger partial charge in [-0.3, -0.25) is 8.73 Å². The monoisotopic (exact) mass is 319 g/mol. The van der Waals surface area contributed by atoms with E-state index in [-0.39, 0.29) is 12.6 Å². The van der Waals surface area contributed by atoms with Crippen LogP contribution in [0.4, 0.5) is 0 Å². The Balaban J connectivity index is 2.97. The number of nitrogens with one attached hydrogen (secondary N) is 1. The summed E-state index contributed by atoms with van der Waals surface area (Å²) in [6.45, 7) is 7.61. The van der Waals surface area contributed by atoms with Crippen LogP contribution in [0, 0.1) is 6.92 Å². The average Bonchev–Trinajstić information content (AvgIpc) is 2.26. The minimum atomic E-state index is -3.38. The van der Waals surface area contributed by atoms with Gasteiger partial charge < -0.3 is 4.52 Å². The third-order valence-electron chi connectivity index (χ3n) is 2.40. The van der Waals surface area contributed by atoms with Gasteiger partial charge in [-0.05, 0) is 51.5 Å². The first-order valence-corrected chi connectivity index (χ1v) is 9.53. The first-order valence-electron chi connectivity index (χ1n) is 6.43. The fourth-order valence-corrected chi connectivity index (χ4v) is 4.03. The molecule has 0 amide bonds. The molecule has 0 spiro atoms. The zero-order chi connectivity index (χ0) is 15.3.